The minimum Gasteiger partial charge on any atom is -0.494 e. The number of carboxylic acid groups (broad SMARTS) is 1. The summed E-state index contributed by atoms with van der Waals surface area (Å²) in [6, 6.07) is 4.65. The molecule has 0 saturated heterocycles. The number of fused-ring (bicyclic) bond motifs is 1. The van der Waals surface area contributed by atoms with Crippen LogP contribution in [0.15, 0.2) is 18.2 Å². The standard InChI is InChI=1S/C19H26N2O5/c1-3-12(2)18(19(24)25)21-16(22)5-4-10-26-14-7-8-15-13(11-14)6-9-17(23)20-15/h7-8,11-12,18H,3-6,9-10H2,1-2H3,(H,20,23)(H,21,22)(H,24,25)/t12-,18-/m0/s1. The highest BCUT2D eigenvalue weighted by atomic mass is 16.5. The first-order valence-electron chi connectivity index (χ1n) is 8.98. The average molecular weight is 362 g/mol. The van der Waals surface area contributed by atoms with E-state index in [9.17, 15) is 19.5 Å². The number of anilines is 1. The summed E-state index contributed by atoms with van der Waals surface area (Å²) in [6.45, 7) is 4.06. The van der Waals surface area contributed by atoms with Gasteiger partial charge in [-0.05, 0) is 42.5 Å². The maximum atomic E-state index is 11.9. The van der Waals surface area contributed by atoms with Crippen LogP contribution in [0.4, 0.5) is 5.69 Å². The highest BCUT2D eigenvalue weighted by Crippen LogP contribution is 2.26. The summed E-state index contributed by atoms with van der Waals surface area (Å²) in [7, 11) is 0. The van der Waals surface area contributed by atoms with Crippen LogP contribution in [0, 0.1) is 5.92 Å². The van der Waals surface area contributed by atoms with Gasteiger partial charge in [0, 0.05) is 18.5 Å². The third kappa shape index (κ3) is 5.47. The highest BCUT2D eigenvalue weighted by molar-refractivity contribution is 5.94. The van der Waals surface area contributed by atoms with Crippen LogP contribution >= 0.6 is 0 Å². The van der Waals surface area contributed by atoms with Crippen molar-refractivity contribution in [2.24, 2.45) is 5.92 Å². The van der Waals surface area contributed by atoms with Gasteiger partial charge in [0.15, 0.2) is 0 Å². The van der Waals surface area contributed by atoms with Gasteiger partial charge in [0.05, 0.1) is 6.61 Å². The number of rotatable bonds is 9. The lowest BCUT2D eigenvalue weighted by Gasteiger charge is -2.20. The van der Waals surface area contributed by atoms with E-state index in [2.05, 4.69) is 10.6 Å². The molecule has 7 nitrogen and oxygen atoms in total. The third-order valence-electron chi connectivity index (χ3n) is 4.58. The minimum absolute atomic E-state index is 0.0224. The van der Waals surface area contributed by atoms with Crippen LogP contribution in [-0.2, 0) is 20.8 Å². The molecule has 0 bridgehead atoms. The van der Waals surface area contributed by atoms with Crippen LogP contribution in [0.25, 0.3) is 0 Å². The van der Waals surface area contributed by atoms with Crippen LogP contribution in [-0.4, -0.2) is 35.5 Å². The number of aryl methyl sites for hydroxylation is 1. The molecule has 0 unspecified atom stereocenters. The Morgan fingerprint density at radius 3 is 2.81 bits per heavy atom. The van der Waals surface area contributed by atoms with Crippen LogP contribution in [0.1, 0.15) is 45.1 Å². The van der Waals surface area contributed by atoms with Crippen LogP contribution in [0.5, 0.6) is 5.75 Å². The molecule has 2 amide bonds. The zero-order valence-electron chi connectivity index (χ0n) is 15.2. The van der Waals surface area contributed by atoms with E-state index in [0.29, 0.717) is 38.0 Å². The molecule has 1 aromatic rings. The van der Waals surface area contributed by atoms with E-state index in [1.54, 1.807) is 13.0 Å². The molecule has 0 spiro atoms. The molecule has 2 rings (SSSR count). The molecule has 1 aliphatic rings. The largest absolute Gasteiger partial charge is 0.494 e. The van der Waals surface area contributed by atoms with Gasteiger partial charge in [0.25, 0.3) is 0 Å². The molecule has 26 heavy (non-hydrogen) atoms. The van der Waals surface area contributed by atoms with E-state index in [1.165, 1.54) is 0 Å². The maximum absolute atomic E-state index is 11.9. The Morgan fingerprint density at radius 2 is 2.12 bits per heavy atom. The summed E-state index contributed by atoms with van der Waals surface area (Å²) in [4.78, 5) is 34.5. The molecular weight excluding hydrogens is 336 g/mol. The molecule has 0 aromatic heterocycles. The fourth-order valence-corrected chi connectivity index (χ4v) is 2.80. The summed E-state index contributed by atoms with van der Waals surface area (Å²) in [5.74, 6) is -0.694. The topological polar surface area (TPSA) is 105 Å². The molecule has 1 aliphatic heterocycles. The van der Waals surface area contributed by atoms with E-state index >= 15 is 0 Å². The third-order valence-corrected chi connectivity index (χ3v) is 4.58. The Kier molecular flexibility index (Phi) is 7.00. The van der Waals surface area contributed by atoms with Gasteiger partial charge in [-0.15, -0.1) is 0 Å². The SMILES string of the molecule is CC[C@H](C)[C@H](NC(=O)CCCOc1ccc2c(c1)CCC(=O)N2)C(=O)O. The quantitative estimate of drug-likeness (QED) is 0.585. The second kappa shape index (κ2) is 9.22. The van der Waals surface area contributed by atoms with Crippen LogP contribution < -0.4 is 15.4 Å². The number of nitrogens with one attached hydrogen (secondary N) is 2. The smallest absolute Gasteiger partial charge is 0.326 e. The Hall–Kier alpha value is -2.57. The van der Waals surface area contributed by atoms with Gasteiger partial charge in [-0.25, -0.2) is 4.79 Å². The lowest BCUT2D eigenvalue weighted by atomic mass is 9.99. The molecule has 142 valence electrons. The molecule has 3 N–H and O–H groups in total. The van der Waals surface area contributed by atoms with Gasteiger partial charge in [0.2, 0.25) is 11.8 Å². The summed E-state index contributed by atoms with van der Waals surface area (Å²) < 4.78 is 5.66. The van der Waals surface area contributed by atoms with E-state index in [4.69, 9.17) is 4.74 Å². The van der Waals surface area contributed by atoms with Gasteiger partial charge in [0.1, 0.15) is 11.8 Å². The predicted molar refractivity (Wildman–Crippen MR) is 97.1 cm³/mol. The lowest BCUT2D eigenvalue weighted by Crippen LogP contribution is -2.45. The molecule has 0 aliphatic carbocycles. The van der Waals surface area contributed by atoms with Gasteiger partial charge in [-0.2, -0.15) is 0 Å². The molecule has 0 saturated carbocycles. The first kappa shape index (κ1) is 19.8. The van der Waals surface area contributed by atoms with E-state index < -0.39 is 12.0 Å². The normalized spacial score (nSPS) is 15.4. The van der Waals surface area contributed by atoms with Crippen molar-refractivity contribution >= 4 is 23.5 Å². The Morgan fingerprint density at radius 1 is 1.35 bits per heavy atom. The summed E-state index contributed by atoms with van der Waals surface area (Å²) >= 11 is 0. The maximum Gasteiger partial charge on any atom is 0.326 e. The van der Waals surface area contributed by atoms with Crippen molar-refractivity contribution in [3.63, 3.8) is 0 Å². The minimum atomic E-state index is -1.01. The molecule has 1 aromatic carbocycles. The molecule has 7 heteroatoms. The summed E-state index contributed by atoms with van der Waals surface area (Å²) in [5, 5.41) is 14.6. The van der Waals surface area contributed by atoms with Gasteiger partial charge in [-0.1, -0.05) is 20.3 Å². The van der Waals surface area contributed by atoms with Crippen LogP contribution in [0.3, 0.4) is 0 Å². The molecular formula is C19H26N2O5. The van der Waals surface area contributed by atoms with Gasteiger partial charge in [-0.3, -0.25) is 9.59 Å². The van der Waals surface area contributed by atoms with Crippen molar-refractivity contribution in [1.29, 1.82) is 0 Å². The van der Waals surface area contributed by atoms with Crippen molar-refractivity contribution < 1.29 is 24.2 Å². The zero-order chi connectivity index (χ0) is 19.1. The number of amides is 2. The van der Waals surface area contributed by atoms with E-state index in [1.807, 2.05) is 19.1 Å². The Bertz CT molecular complexity index is 674. The van der Waals surface area contributed by atoms with Crippen molar-refractivity contribution in [3.05, 3.63) is 23.8 Å². The number of carbonyl (C=O) groups excluding carboxylic acids is 2. The first-order chi connectivity index (χ1) is 12.4. The highest BCUT2D eigenvalue weighted by Gasteiger charge is 2.24. The second-order valence-corrected chi connectivity index (χ2v) is 6.59. The fourth-order valence-electron chi connectivity index (χ4n) is 2.80. The van der Waals surface area contributed by atoms with E-state index in [0.717, 1.165) is 11.3 Å². The van der Waals surface area contributed by atoms with E-state index in [-0.39, 0.29) is 24.2 Å². The molecule has 0 radical (unpaired) electrons. The van der Waals surface area contributed by atoms with Crippen molar-refractivity contribution in [2.75, 3.05) is 11.9 Å². The number of hydrogen-bond donors (Lipinski definition) is 3. The number of hydrogen-bond acceptors (Lipinski definition) is 4. The Balaban J connectivity index is 1.75. The molecule has 0 fully saturated rings. The van der Waals surface area contributed by atoms with Gasteiger partial charge >= 0.3 is 5.97 Å². The number of ether oxygens (including phenoxy) is 1. The van der Waals surface area contributed by atoms with Crippen LogP contribution in [0.2, 0.25) is 0 Å². The summed E-state index contributed by atoms with van der Waals surface area (Å²) in [6.07, 6.45) is 2.54. The first-order valence-corrected chi connectivity index (χ1v) is 8.98. The predicted octanol–water partition coefficient (Wildman–Crippen LogP) is 2.35. The van der Waals surface area contributed by atoms with Crippen molar-refractivity contribution in [2.45, 2.75) is 52.0 Å². The monoisotopic (exact) mass is 362 g/mol. The van der Waals surface area contributed by atoms with Crippen molar-refractivity contribution in [3.8, 4) is 5.75 Å². The Labute approximate surface area is 153 Å². The second-order valence-electron chi connectivity index (χ2n) is 6.59. The average Bonchev–Trinajstić information content (AvgIpc) is 2.62. The zero-order valence-corrected chi connectivity index (χ0v) is 15.2. The number of carbonyl (C=O) groups is 3. The summed E-state index contributed by atoms with van der Waals surface area (Å²) in [5.41, 5.74) is 1.86. The number of aliphatic carboxylic acids is 1. The molecule has 2 atom stereocenters. The van der Waals surface area contributed by atoms with Gasteiger partial charge < -0.3 is 20.5 Å². The number of carboxylic acids is 1. The van der Waals surface area contributed by atoms with Crippen molar-refractivity contribution in [1.82, 2.24) is 5.32 Å². The molecule has 1 heterocycles. The fraction of sp³-hybridized carbons (Fsp3) is 0.526. The number of benzene rings is 1. The lowest BCUT2D eigenvalue weighted by molar-refractivity contribution is -0.143.